The predicted octanol–water partition coefficient (Wildman–Crippen LogP) is 2.20. The number of hydrogen-bond acceptors (Lipinski definition) is 4. The van der Waals surface area contributed by atoms with E-state index in [1.807, 2.05) is 11.8 Å². The van der Waals surface area contributed by atoms with Crippen LogP contribution in [0, 0.1) is 0 Å². The second-order valence-corrected chi connectivity index (χ2v) is 5.90. The Hall–Kier alpha value is -0.220. The summed E-state index contributed by atoms with van der Waals surface area (Å²) < 4.78 is 4.68. The van der Waals surface area contributed by atoms with Gasteiger partial charge in [0.15, 0.2) is 0 Å². The molecular formula is C12H23NO2S. The third-order valence-electron chi connectivity index (χ3n) is 3.03. The van der Waals surface area contributed by atoms with Crippen LogP contribution in [0.5, 0.6) is 0 Å². The lowest BCUT2D eigenvalue weighted by Gasteiger charge is -2.24. The summed E-state index contributed by atoms with van der Waals surface area (Å²) in [4.78, 5) is 11.1. The summed E-state index contributed by atoms with van der Waals surface area (Å²) in [5.74, 6) is 1.05. The zero-order valence-electron chi connectivity index (χ0n) is 10.5. The summed E-state index contributed by atoms with van der Waals surface area (Å²) in [6, 6.07) is 0.792. The number of nitrogens with one attached hydrogen (secondary N) is 1. The Morgan fingerprint density at radius 2 is 2.31 bits per heavy atom. The van der Waals surface area contributed by atoms with Gasteiger partial charge in [0.05, 0.1) is 13.5 Å². The molecule has 0 radical (unpaired) electrons. The molecule has 0 spiro atoms. The molecule has 0 aliphatic heterocycles. The Kier molecular flexibility index (Phi) is 6.21. The van der Waals surface area contributed by atoms with E-state index in [-0.39, 0.29) is 12.0 Å². The molecule has 0 amide bonds. The Labute approximate surface area is 103 Å². The highest BCUT2D eigenvalue weighted by Crippen LogP contribution is 2.30. The Morgan fingerprint density at radius 1 is 1.56 bits per heavy atom. The second-order valence-electron chi connectivity index (χ2n) is 4.38. The van der Waals surface area contributed by atoms with Gasteiger partial charge in [0.25, 0.3) is 0 Å². The molecule has 0 aromatic carbocycles. The van der Waals surface area contributed by atoms with Gasteiger partial charge in [-0.2, -0.15) is 11.8 Å². The molecule has 0 heterocycles. The first kappa shape index (κ1) is 13.8. The quantitative estimate of drug-likeness (QED) is 0.728. The molecule has 0 bridgehead atoms. The first-order valence-electron chi connectivity index (χ1n) is 6.11. The molecule has 1 N–H and O–H groups in total. The zero-order chi connectivity index (χ0) is 12.0. The standard InChI is InChI=1S/C12H23NO2S/c1-4-16-11-7-5-6-10(11)13-9(2)8-12(14)15-3/h9-11,13H,4-8H2,1-3H3. The van der Waals surface area contributed by atoms with Crippen LogP contribution in [0.4, 0.5) is 0 Å². The Balaban J connectivity index is 2.31. The van der Waals surface area contributed by atoms with E-state index in [0.29, 0.717) is 12.5 Å². The molecule has 1 aliphatic rings. The van der Waals surface area contributed by atoms with Gasteiger partial charge in [0.2, 0.25) is 0 Å². The van der Waals surface area contributed by atoms with E-state index in [1.54, 1.807) is 0 Å². The van der Waals surface area contributed by atoms with Crippen LogP contribution in [0.15, 0.2) is 0 Å². The lowest BCUT2D eigenvalue weighted by Crippen LogP contribution is -2.41. The molecule has 1 aliphatic carbocycles. The number of carbonyl (C=O) groups excluding carboxylic acids is 1. The van der Waals surface area contributed by atoms with Crippen LogP contribution in [0.25, 0.3) is 0 Å². The van der Waals surface area contributed by atoms with Gasteiger partial charge in [-0.3, -0.25) is 4.79 Å². The molecule has 3 nitrogen and oxygen atoms in total. The topological polar surface area (TPSA) is 38.3 Å². The third kappa shape index (κ3) is 4.34. The van der Waals surface area contributed by atoms with Gasteiger partial charge in [-0.15, -0.1) is 0 Å². The van der Waals surface area contributed by atoms with Crippen molar-refractivity contribution in [2.75, 3.05) is 12.9 Å². The Morgan fingerprint density at radius 3 is 2.94 bits per heavy atom. The summed E-state index contributed by atoms with van der Waals surface area (Å²) in [6.07, 6.45) is 4.32. The Bertz CT molecular complexity index is 223. The van der Waals surface area contributed by atoms with Crippen LogP contribution < -0.4 is 5.32 Å². The van der Waals surface area contributed by atoms with Crippen molar-refractivity contribution in [3.8, 4) is 0 Å². The molecule has 0 aromatic heterocycles. The molecule has 1 rings (SSSR count). The number of hydrogen-bond donors (Lipinski definition) is 1. The SMILES string of the molecule is CCSC1CCCC1NC(C)CC(=O)OC. The zero-order valence-corrected chi connectivity index (χ0v) is 11.3. The van der Waals surface area contributed by atoms with Crippen molar-refractivity contribution in [1.82, 2.24) is 5.32 Å². The van der Waals surface area contributed by atoms with E-state index in [2.05, 4.69) is 23.9 Å². The molecule has 1 fully saturated rings. The highest BCUT2D eigenvalue weighted by atomic mass is 32.2. The number of thioether (sulfide) groups is 1. The van der Waals surface area contributed by atoms with Crippen LogP contribution in [0.2, 0.25) is 0 Å². The highest BCUT2D eigenvalue weighted by molar-refractivity contribution is 7.99. The number of ether oxygens (including phenoxy) is 1. The highest BCUT2D eigenvalue weighted by Gasteiger charge is 2.28. The largest absolute Gasteiger partial charge is 0.469 e. The molecule has 3 unspecified atom stereocenters. The van der Waals surface area contributed by atoms with Crippen LogP contribution >= 0.6 is 11.8 Å². The maximum atomic E-state index is 11.1. The van der Waals surface area contributed by atoms with Crippen LogP contribution in [-0.2, 0) is 9.53 Å². The van der Waals surface area contributed by atoms with Gasteiger partial charge >= 0.3 is 5.97 Å². The van der Waals surface area contributed by atoms with Gasteiger partial charge < -0.3 is 10.1 Å². The molecule has 4 heteroatoms. The minimum atomic E-state index is -0.127. The summed E-state index contributed by atoms with van der Waals surface area (Å²) in [6.45, 7) is 4.26. The van der Waals surface area contributed by atoms with Crippen molar-refractivity contribution in [3.63, 3.8) is 0 Å². The minimum Gasteiger partial charge on any atom is -0.469 e. The second kappa shape index (κ2) is 7.17. The molecular weight excluding hydrogens is 222 g/mol. The van der Waals surface area contributed by atoms with E-state index in [4.69, 9.17) is 0 Å². The maximum absolute atomic E-state index is 11.1. The van der Waals surface area contributed by atoms with Gasteiger partial charge in [0, 0.05) is 17.3 Å². The van der Waals surface area contributed by atoms with Crippen molar-refractivity contribution in [2.45, 2.75) is 56.9 Å². The number of carbonyl (C=O) groups is 1. The van der Waals surface area contributed by atoms with Crippen molar-refractivity contribution >= 4 is 17.7 Å². The molecule has 0 aromatic rings. The summed E-state index contributed by atoms with van der Waals surface area (Å²) in [5, 5.41) is 4.28. The van der Waals surface area contributed by atoms with Gasteiger partial charge in [-0.25, -0.2) is 0 Å². The van der Waals surface area contributed by atoms with Crippen molar-refractivity contribution in [3.05, 3.63) is 0 Å². The third-order valence-corrected chi connectivity index (χ3v) is 4.36. The fraction of sp³-hybridized carbons (Fsp3) is 0.917. The smallest absolute Gasteiger partial charge is 0.307 e. The number of esters is 1. The summed E-state index contributed by atoms with van der Waals surface area (Å²) in [7, 11) is 1.44. The van der Waals surface area contributed by atoms with Gasteiger partial charge in [0.1, 0.15) is 0 Å². The summed E-state index contributed by atoms with van der Waals surface area (Å²) in [5.41, 5.74) is 0. The van der Waals surface area contributed by atoms with E-state index >= 15 is 0 Å². The van der Waals surface area contributed by atoms with Crippen LogP contribution in [0.3, 0.4) is 0 Å². The fourth-order valence-electron chi connectivity index (χ4n) is 2.29. The normalized spacial score (nSPS) is 26.7. The number of rotatable bonds is 6. The monoisotopic (exact) mass is 245 g/mol. The van der Waals surface area contributed by atoms with Crippen molar-refractivity contribution in [2.24, 2.45) is 0 Å². The maximum Gasteiger partial charge on any atom is 0.307 e. The van der Waals surface area contributed by atoms with E-state index in [0.717, 1.165) is 5.25 Å². The molecule has 3 atom stereocenters. The number of methoxy groups -OCH3 is 1. The van der Waals surface area contributed by atoms with Gasteiger partial charge in [-0.05, 0) is 25.5 Å². The average molecular weight is 245 g/mol. The minimum absolute atomic E-state index is 0.127. The van der Waals surface area contributed by atoms with E-state index in [1.165, 1.54) is 32.1 Å². The first-order valence-corrected chi connectivity index (χ1v) is 7.16. The molecule has 94 valence electrons. The fourth-order valence-corrected chi connectivity index (χ4v) is 3.50. The predicted molar refractivity (Wildman–Crippen MR) is 68.8 cm³/mol. The van der Waals surface area contributed by atoms with Crippen molar-refractivity contribution < 1.29 is 9.53 Å². The summed E-state index contributed by atoms with van der Waals surface area (Å²) >= 11 is 2.03. The average Bonchev–Trinajstić information content (AvgIpc) is 2.66. The molecule has 0 saturated heterocycles. The van der Waals surface area contributed by atoms with Crippen LogP contribution in [-0.4, -0.2) is 36.2 Å². The van der Waals surface area contributed by atoms with Crippen LogP contribution in [0.1, 0.15) is 39.5 Å². The van der Waals surface area contributed by atoms with E-state index in [9.17, 15) is 4.79 Å². The first-order chi connectivity index (χ1) is 7.67. The lowest BCUT2D eigenvalue weighted by atomic mass is 10.1. The van der Waals surface area contributed by atoms with Crippen molar-refractivity contribution in [1.29, 1.82) is 0 Å². The molecule has 16 heavy (non-hydrogen) atoms. The van der Waals surface area contributed by atoms with E-state index < -0.39 is 0 Å². The molecule has 1 saturated carbocycles. The lowest BCUT2D eigenvalue weighted by molar-refractivity contribution is -0.141. The van der Waals surface area contributed by atoms with Gasteiger partial charge in [-0.1, -0.05) is 13.3 Å².